The van der Waals surface area contributed by atoms with Gasteiger partial charge in [-0.2, -0.15) is 0 Å². The van der Waals surface area contributed by atoms with E-state index in [0.29, 0.717) is 11.6 Å². The highest BCUT2D eigenvalue weighted by Gasteiger charge is 2.17. The smallest absolute Gasteiger partial charge is 0.356 e. The Kier molecular flexibility index (Phi) is 5.82. The highest BCUT2D eigenvalue weighted by atomic mass is 35.5. The average Bonchev–Trinajstić information content (AvgIpc) is 2.97. The van der Waals surface area contributed by atoms with Crippen LogP contribution < -0.4 is 9.88 Å². The fraction of sp³-hybridized carbons (Fsp3) is 0.350. The number of nitrogens with zero attached hydrogens (tertiary/aromatic N) is 1. The number of fused-ring (bicyclic) bond motifs is 1. The summed E-state index contributed by atoms with van der Waals surface area (Å²) in [4.78, 5) is 3.45. The second kappa shape index (κ2) is 8.26. The van der Waals surface area contributed by atoms with E-state index in [-0.39, 0.29) is 5.75 Å². The molecule has 1 heterocycles. The number of unbranched alkanes of at least 4 members (excludes halogenated alkanes) is 3. The number of imidazole rings is 1. The quantitative estimate of drug-likeness (QED) is 0.391. The summed E-state index contributed by atoms with van der Waals surface area (Å²) < 4.78 is 2.28. The number of aromatic hydroxyl groups is 1. The number of nitrogens with one attached hydrogen (secondary N) is 2. The van der Waals surface area contributed by atoms with Crippen molar-refractivity contribution in [3.8, 4) is 5.75 Å². The molecular formula is C20H25ClN3O+. The zero-order valence-electron chi connectivity index (χ0n) is 14.6. The first-order valence-corrected chi connectivity index (χ1v) is 9.28. The van der Waals surface area contributed by atoms with Crippen molar-refractivity contribution in [2.75, 3.05) is 5.32 Å². The van der Waals surface area contributed by atoms with Crippen molar-refractivity contribution < 1.29 is 9.67 Å². The van der Waals surface area contributed by atoms with Crippen LogP contribution in [0.1, 0.15) is 38.2 Å². The summed E-state index contributed by atoms with van der Waals surface area (Å²) in [5.41, 5.74) is 3.08. The lowest BCUT2D eigenvalue weighted by Crippen LogP contribution is -2.36. The fourth-order valence-electron chi connectivity index (χ4n) is 3.07. The van der Waals surface area contributed by atoms with Gasteiger partial charge >= 0.3 is 5.95 Å². The predicted molar refractivity (Wildman–Crippen MR) is 103 cm³/mol. The molecule has 0 aliphatic heterocycles. The van der Waals surface area contributed by atoms with Crippen LogP contribution in [0, 0.1) is 0 Å². The van der Waals surface area contributed by atoms with E-state index >= 15 is 0 Å². The number of halogens is 1. The summed E-state index contributed by atoms with van der Waals surface area (Å²) in [5.74, 6) is 1.21. The number of aryl methyl sites for hydroxylation is 1. The molecule has 0 amide bonds. The molecule has 0 saturated heterocycles. The molecule has 4 nitrogen and oxygen atoms in total. The summed E-state index contributed by atoms with van der Waals surface area (Å²) in [6.07, 6.45) is 4.88. The molecular weight excluding hydrogens is 334 g/mol. The largest absolute Gasteiger partial charge is 0.508 e. The summed E-state index contributed by atoms with van der Waals surface area (Å²) in [6.45, 7) is 3.70. The van der Waals surface area contributed by atoms with Crippen LogP contribution in [-0.4, -0.2) is 10.1 Å². The van der Waals surface area contributed by atoms with Crippen LogP contribution in [0.2, 0.25) is 5.02 Å². The Hall–Kier alpha value is -2.20. The van der Waals surface area contributed by atoms with Crippen molar-refractivity contribution in [3.05, 3.63) is 53.1 Å². The second-order valence-electron chi connectivity index (χ2n) is 6.33. The lowest BCUT2D eigenvalue weighted by atomic mass is 10.2. The van der Waals surface area contributed by atoms with Gasteiger partial charge in [0.2, 0.25) is 0 Å². The Morgan fingerprint density at radius 1 is 1.12 bits per heavy atom. The van der Waals surface area contributed by atoms with Crippen molar-refractivity contribution in [2.24, 2.45) is 0 Å². The molecule has 0 aliphatic rings. The highest BCUT2D eigenvalue weighted by molar-refractivity contribution is 6.30. The number of benzene rings is 2. The number of H-pyrrole nitrogens is 1. The molecule has 25 heavy (non-hydrogen) atoms. The third-order valence-corrected chi connectivity index (χ3v) is 4.68. The Balaban J connectivity index is 1.80. The van der Waals surface area contributed by atoms with E-state index in [1.165, 1.54) is 24.8 Å². The van der Waals surface area contributed by atoms with Gasteiger partial charge in [0, 0.05) is 10.6 Å². The maximum atomic E-state index is 10.0. The summed E-state index contributed by atoms with van der Waals surface area (Å²) >= 11 is 6.04. The standard InChI is InChI=1S/C20H24ClN3O/c1-2-3-4-7-12-24-18-9-6-5-8-17(18)23-20(24)22-14-15-13-16(21)10-11-19(15)25/h5-6,8-11,13H,2-4,7,12,14H2,1H3,(H2,22,23,25)/p+1. The van der Waals surface area contributed by atoms with E-state index in [1.807, 2.05) is 6.07 Å². The van der Waals surface area contributed by atoms with Crippen LogP contribution >= 0.6 is 11.6 Å². The molecule has 0 bridgehead atoms. The molecule has 5 heteroatoms. The monoisotopic (exact) mass is 358 g/mol. The van der Waals surface area contributed by atoms with Gasteiger partial charge in [-0.25, -0.2) is 9.55 Å². The van der Waals surface area contributed by atoms with Gasteiger partial charge in [-0.3, -0.25) is 5.32 Å². The molecule has 0 saturated carbocycles. The van der Waals surface area contributed by atoms with Crippen LogP contribution in [0.25, 0.3) is 11.0 Å². The number of phenolic OH excluding ortho intramolecular Hbond substituents is 1. The van der Waals surface area contributed by atoms with Crippen molar-refractivity contribution in [1.29, 1.82) is 0 Å². The Labute approximate surface area is 153 Å². The summed E-state index contributed by atoms with van der Waals surface area (Å²) in [5, 5.41) is 14.0. The van der Waals surface area contributed by atoms with Crippen molar-refractivity contribution >= 4 is 28.6 Å². The number of anilines is 1. The predicted octanol–water partition coefficient (Wildman–Crippen LogP) is 5.01. The van der Waals surface area contributed by atoms with Crippen LogP contribution in [0.5, 0.6) is 5.75 Å². The van der Waals surface area contributed by atoms with Crippen LogP contribution in [0.15, 0.2) is 42.5 Å². The summed E-state index contributed by atoms with van der Waals surface area (Å²) in [6, 6.07) is 13.4. The second-order valence-corrected chi connectivity index (χ2v) is 6.77. The van der Waals surface area contributed by atoms with Gasteiger partial charge in [-0.05, 0) is 36.8 Å². The number of aromatic nitrogens is 2. The van der Waals surface area contributed by atoms with Gasteiger partial charge in [0.05, 0.1) is 13.1 Å². The van der Waals surface area contributed by atoms with E-state index in [9.17, 15) is 5.11 Å². The molecule has 0 radical (unpaired) electrons. The Morgan fingerprint density at radius 2 is 1.96 bits per heavy atom. The van der Waals surface area contributed by atoms with Gasteiger partial charge in [-0.1, -0.05) is 49.9 Å². The van der Waals surface area contributed by atoms with Crippen LogP contribution in [-0.2, 0) is 13.1 Å². The lowest BCUT2D eigenvalue weighted by molar-refractivity contribution is -0.657. The maximum absolute atomic E-state index is 10.0. The molecule has 0 atom stereocenters. The van der Waals surface area contributed by atoms with Gasteiger partial charge < -0.3 is 5.11 Å². The van der Waals surface area contributed by atoms with E-state index < -0.39 is 0 Å². The van der Waals surface area contributed by atoms with Crippen molar-refractivity contribution in [1.82, 2.24) is 4.98 Å². The number of para-hydroxylation sites is 2. The minimum atomic E-state index is 0.252. The Morgan fingerprint density at radius 3 is 2.80 bits per heavy atom. The average molecular weight is 359 g/mol. The first kappa shape index (κ1) is 17.6. The molecule has 3 rings (SSSR count). The number of phenols is 1. The minimum absolute atomic E-state index is 0.252. The topological polar surface area (TPSA) is 51.9 Å². The maximum Gasteiger partial charge on any atom is 0.356 e. The fourth-order valence-corrected chi connectivity index (χ4v) is 3.27. The molecule has 1 aromatic heterocycles. The molecule has 0 fully saturated rings. The number of hydrogen-bond donors (Lipinski definition) is 3. The molecule has 0 spiro atoms. The zero-order chi connectivity index (χ0) is 17.6. The van der Waals surface area contributed by atoms with Crippen LogP contribution in [0.3, 0.4) is 0 Å². The lowest BCUT2D eigenvalue weighted by Gasteiger charge is -2.06. The first-order chi connectivity index (χ1) is 12.2. The van der Waals surface area contributed by atoms with Crippen molar-refractivity contribution in [3.63, 3.8) is 0 Å². The first-order valence-electron chi connectivity index (χ1n) is 8.91. The SMILES string of the molecule is CCCCCC[n+]1c(NCc2cc(Cl)ccc2O)[nH]c2ccccc21. The normalized spacial score (nSPS) is 11.1. The van der Waals surface area contributed by atoms with Gasteiger partial charge in [-0.15, -0.1) is 0 Å². The molecule has 0 unspecified atom stereocenters. The minimum Gasteiger partial charge on any atom is -0.508 e. The highest BCUT2D eigenvalue weighted by Crippen LogP contribution is 2.22. The molecule has 2 aromatic carbocycles. The van der Waals surface area contributed by atoms with E-state index in [0.717, 1.165) is 30.0 Å². The summed E-state index contributed by atoms with van der Waals surface area (Å²) in [7, 11) is 0. The molecule has 0 aliphatic carbocycles. The third kappa shape index (κ3) is 4.26. The van der Waals surface area contributed by atoms with E-state index in [4.69, 9.17) is 11.6 Å². The van der Waals surface area contributed by atoms with Gasteiger partial charge in [0.15, 0.2) is 0 Å². The van der Waals surface area contributed by atoms with Gasteiger partial charge in [0.25, 0.3) is 0 Å². The number of hydrogen-bond acceptors (Lipinski definition) is 2. The molecule has 3 N–H and O–H groups in total. The number of rotatable bonds is 8. The molecule has 132 valence electrons. The number of aromatic amines is 1. The van der Waals surface area contributed by atoms with Crippen molar-refractivity contribution in [2.45, 2.75) is 45.7 Å². The van der Waals surface area contributed by atoms with Crippen LogP contribution in [0.4, 0.5) is 5.95 Å². The zero-order valence-corrected chi connectivity index (χ0v) is 15.3. The van der Waals surface area contributed by atoms with E-state index in [2.05, 4.69) is 40.0 Å². The van der Waals surface area contributed by atoms with E-state index in [1.54, 1.807) is 18.2 Å². The third-order valence-electron chi connectivity index (χ3n) is 4.44. The van der Waals surface area contributed by atoms with Gasteiger partial charge in [0.1, 0.15) is 16.8 Å². The molecule has 3 aromatic rings. The Bertz CT molecular complexity index is 844.